The Labute approximate surface area is 96.7 Å². The Morgan fingerprint density at radius 3 is 2.88 bits per heavy atom. The van der Waals surface area contributed by atoms with Gasteiger partial charge in [-0.3, -0.25) is 14.9 Å². The van der Waals surface area contributed by atoms with Crippen molar-refractivity contribution in [2.75, 3.05) is 11.6 Å². The highest BCUT2D eigenvalue weighted by Crippen LogP contribution is 2.18. The van der Waals surface area contributed by atoms with Crippen LogP contribution in [0.4, 0.5) is 5.69 Å². The average molecular weight is 238 g/mol. The lowest BCUT2D eigenvalue weighted by molar-refractivity contribution is -0.417. The molecule has 1 rings (SSSR count). The predicted molar refractivity (Wildman–Crippen MR) is 63.0 cm³/mol. The van der Waals surface area contributed by atoms with E-state index in [1.165, 1.54) is 0 Å². The lowest BCUT2D eigenvalue weighted by Crippen LogP contribution is -2.02. The van der Waals surface area contributed by atoms with E-state index in [2.05, 4.69) is 5.32 Å². The van der Waals surface area contributed by atoms with Crippen LogP contribution in [0.1, 0.15) is 0 Å². The van der Waals surface area contributed by atoms with Crippen molar-refractivity contribution in [1.82, 2.24) is 0 Å². The third kappa shape index (κ3) is 3.39. The molecule has 0 heterocycles. The maximum Gasteiger partial charge on any atom is 0.324 e. The highest BCUT2D eigenvalue weighted by Gasteiger charge is 2.07. The van der Waals surface area contributed by atoms with Gasteiger partial charge in [0.05, 0.1) is 11.1 Å². The minimum Gasteiger partial charge on any atom is -0.356 e. The number of anilines is 1. The van der Waals surface area contributed by atoms with Crippen LogP contribution in [0.2, 0.25) is 0 Å². The first-order valence-electron chi connectivity index (χ1n) is 4.37. The molecule has 0 aliphatic heterocycles. The van der Waals surface area contributed by atoms with Crippen molar-refractivity contribution < 1.29 is 9.72 Å². The summed E-state index contributed by atoms with van der Waals surface area (Å²) in [4.78, 5) is 21.0. The Hall–Kier alpha value is -1.82. The SMILES string of the molecule is CSc1cccc(NC=C(C=O)[N+](=O)[O-])c1. The zero-order valence-corrected chi connectivity index (χ0v) is 9.36. The summed E-state index contributed by atoms with van der Waals surface area (Å²) in [5, 5.41) is 13.0. The van der Waals surface area contributed by atoms with Crippen LogP contribution in [0.15, 0.2) is 41.1 Å². The fourth-order valence-corrected chi connectivity index (χ4v) is 1.46. The highest BCUT2D eigenvalue weighted by atomic mass is 32.2. The number of nitro groups is 1. The number of rotatable bonds is 5. The minimum absolute atomic E-state index is 0.200. The van der Waals surface area contributed by atoms with Crippen LogP contribution in [0.3, 0.4) is 0 Å². The monoisotopic (exact) mass is 238 g/mol. The van der Waals surface area contributed by atoms with Crippen LogP contribution in [0, 0.1) is 10.1 Å². The second-order valence-electron chi connectivity index (χ2n) is 2.82. The minimum atomic E-state index is -0.738. The number of carbonyl (C=O) groups excluding carboxylic acids is 1. The van der Waals surface area contributed by atoms with Crippen molar-refractivity contribution in [3.05, 3.63) is 46.3 Å². The molecular weight excluding hydrogens is 228 g/mol. The summed E-state index contributed by atoms with van der Waals surface area (Å²) in [5.74, 6) is 0. The first kappa shape index (κ1) is 12.3. The molecule has 1 aromatic carbocycles. The summed E-state index contributed by atoms with van der Waals surface area (Å²) in [6, 6.07) is 7.35. The number of allylic oxidation sites excluding steroid dienone is 1. The molecule has 0 aromatic heterocycles. The molecule has 5 nitrogen and oxygen atoms in total. The molecule has 0 unspecified atom stereocenters. The number of thioether (sulfide) groups is 1. The molecule has 0 bridgehead atoms. The second kappa shape index (κ2) is 5.92. The Bertz CT molecular complexity index is 432. The number of nitrogens with one attached hydrogen (secondary N) is 1. The number of aldehydes is 1. The van der Waals surface area contributed by atoms with Gasteiger partial charge in [0, 0.05) is 10.6 Å². The van der Waals surface area contributed by atoms with Crippen LogP contribution in [-0.4, -0.2) is 17.5 Å². The van der Waals surface area contributed by atoms with E-state index < -0.39 is 10.6 Å². The third-order valence-electron chi connectivity index (χ3n) is 1.79. The summed E-state index contributed by atoms with van der Waals surface area (Å²) >= 11 is 1.57. The molecule has 0 atom stereocenters. The fourth-order valence-electron chi connectivity index (χ4n) is 1.000. The molecule has 6 heteroatoms. The van der Waals surface area contributed by atoms with Crippen molar-refractivity contribution in [2.45, 2.75) is 4.90 Å². The van der Waals surface area contributed by atoms with E-state index in [1.54, 1.807) is 17.8 Å². The molecule has 0 radical (unpaired) electrons. The molecule has 0 amide bonds. The van der Waals surface area contributed by atoms with Gasteiger partial charge in [-0.05, 0) is 24.5 Å². The van der Waals surface area contributed by atoms with Crippen LogP contribution < -0.4 is 5.32 Å². The number of hydrogen-bond donors (Lipinski definition) is 1. The number of carbonyl (C=O) groups is 1. The smallest absolute Gasteiger partial charge is 0.324 e. The van der Waals surface area contributed by atoms with Crippen LogP contribution in [0.5, 0.6) is 0 Å². The normalized spacial score (nSPS) is 10.9. The number of benzene rings is 1. The Balaban J connectivity index is 2.80. The fraction of sp³-hybridized carbons (Fsp3) is 0.100. The lowest BCUT2D eigenvalue weighted by Gasteiger charge is -2.02. The molecule has 16 heavy (non-hydrogen) atoms. The van der Waals surface area contributed by atoms with Gasteiger partial charge in [-0.25, -0.2) is 0 Å². The lowest BCUT2D eigenvalue weighted by atomic mass is 10.3. The summed E-state index contributed by atoms with van der Waals surface area (Å²) in [7, 11) is 0. The van der Waals surface area contributed by atoms with Crippen LogP contribution in [0.25, 0.3) is 0 Å². The van der Waals surface area contributed by atoms with Gasteiger partial charge in [-0.15, -0.1) is 11.8 Å². The third-order valence-corrected chi connectivity index (χ3v) is 2.51. The van der Waals surface area contributed by atoms with E-state index >= 15 is 0 Å². The highest BCUT2D eigenvalue weighted by molar-refractivity contribution is 7.98. The maximum atomic E-state index is 10.3. The van der Waals surface area contributed by atoms with Gasteiger partial charge in [-0.1, -0.05) is 6.07 Å². The summed E-state index contributed by atoms with van der Waals surface area (Å²) in [6.45, 7) is 0. The molecule has 1 N–H and O–H groups in total. The largest absolute Gasteiger partial charge is 0.356 e. The second-order valence-corrected chi connectivity index (χ2v) is 3.70. The van der Waals surface area contributed by atoms with Crippen LogP contribution >= 0.6 is 11.8 Å². The van der Waals surface area contributed by atoms with Crippen LogP contribution in [-0.2, 0) is 4.79 Å². The standard InChI is InChI=1S/C10H10N2O3S/c1-16-10-4-2-3-8(5-10)11-6-9(7-13)12(14)15/h2-7,11H,1H3. The summed E-state index contributed by atoms with van der Waals surface area (Å²) < 4.78 is 0. The molecule has 0 saturated heterocycles. The van der Waals surface area contributed by atoms with E-state index in [-0.39, 0.29) is 6.29 Å². The van der Waals surface area contributed by atoms with Crippen molar-refractivity contribution in [2.24, 2.45) is 0 Å². The van der Waals surface area contributed by atoms with Gasteiger partial charge in [0.15, 0.2) is 0 Å². The summed E-state index contributed by atoms with van der Waals surface area (Å²) in [5.41, 5.74) is 0.197. The van der Waals surface area contributed by atoms with E-state index in [1.807, 2.05) is 24.5 Å². The molecule has 0 aliphatic rings. The maximum absolute atomic E-state index is 10.3. The zero-order valence-electron chi connectivity index (χ0n) is 8.54. The van der Waals surface area contributed by atoms with E-state index in [0.29, 0.717) is 5.69 Å². The molecule has 0 aliphatic carbocycles. The number of nitrogens with zero attached hydrogens (tertiary/aromatic N) is 1. The van der Waals surface area contributed by atoms with Gasteiger partial charge < -0.3 is 5.32 Å². The predicted octanol–water partition coefficient (Wildman–Crippen LogP) is 2.14. The molecule has 0 fully saturated rings. The average Bonchev–Trinajstić information content (AvgIpc) is 2.29. The Morgan fingerprint density at radius 2 is 2.31 bits per heavy atom. The Kier molecular flexibility index (Phi) is 4.53. The van der Waals surface area contributed by atoms with Crippen molar-refractivity contribution in [3.63, 3.8) is 0 Å². The Morgan fingerprint density at radius 1 is 1.56 bits per heavy atom. The molecule has 1 aromatic rings. The zero-order chi connectivity index (χ0) is 12.0. The molecule has 0 saturated carbocycles. The van der Waals surface area contributed by atoms with E-state index in [9.17, 15) is 14.9 Å². The van der Waals surface area contributed by atoms with E-state index in [0.717, 1.165) is 11.1 Å². The number of hydrogen-bond acceptors (Lipinski definition) is 5. The molecule has 84 valence electrons. The van der Waals surface area contributed by atoms with Gasteiger partial charge in [0.2, 0.25) is 6.29 Å². The van der Waals surface area contributed by atoms with Crippen molar-refractivity contribution in [3.8, 4) is 0 Å². The van der Waals surface area contributed by atoms with Gasteiger partial charge in [0.25, 0.3) is 0 Å². The van der Waals surface area contributed by atoms with Gasteiger partial charge in [-0.2, -0.15) is 0 Å². The van der Waals surface area contributed by atoms with Crippen molar-refractivity contribution >= 4 is 23.7 Å². The van der Waals surface area contributed by atoms with E-state index in [4.69, 9.17) is 0 Å². The van der Waals surface area contributed by atoms with Gasteiger partial charge >= 0.3 is 5.70 Å². The summed E-state index contributed by atoms with van der Waals surface area (Å²) in [6.07, 6.45) is 3.21. The van der Waals surface area contributed by atoms with Gasteiger partial charge in [0.1, 0.15) is 0 Å². The molecular formula is C10H10N2O3S. The molecule has 0 spiro atoms. The first-order chi connectivity index (χ1) is 7.67. The quantitative estimate of drug-likeness (QED) is 0.280. The first-order valence-corrected chi connectivity index (χ1v) is 5.60. The van der Waals surface area contributed by atoms with Crippen molar-refractivity contribution in [1.29, 1.82) is 0 Å². The topological polar surface area (TPSA) is 72.2 Å².